The van der Waals surface area contributed by atoms with Gasteiger partial charge in [-0.05, 0) is 87.1 Å². The van der Waals surface area contributed by atoms with Crippen molar-refractivity contribution in [2.24, 2.45) is 0 Å². The summed E-state index contributed by atoms with van der Waals surface area (Å²) in [5.74, 6) is -1.69. The number of alkyl carbamates (subject to hydrolysis) is 1. The van der Waals surface area contributed by atoms with Crippen LogP contribution in [0.4, 0.5) is 25.1 Å². The number of terminal acetylenes is 1. The van der Waals surface area contributed by atoms with Gasteiger partial charge in [0, 0.05) is 74.3 Å². The quantitative estimate of drug-likeness (QED) is 0.0329. The minimum Gasteiger partial charge on any atom is -0.508 e. The predicted octanol–water partition coefficient (Wildman–Crippen LogP) is 6.01. The molecule has 0 spiro atoms. The van der Waals surface area contributed by atoms with E-state index in [1.807, 2.05) is 0 Å². The lowest BCUT2D eigenvalue weighted by Gasteiger charge is -2.35. The second-order valence-electron chi connectivity index (χ2n) is 20.9. The lowest BCUT2D eigenvalue weighted by atomic mass is 9.94. The molecule has 3 aromatic carbocycles. The van der Waals surface area contributed by atoms with E-state index in [1.54, 1.807) is 6.07 Å². The molecule has 0 radical (unpaired) electrons. The molecule has 8 heterocycles. The number of pyridine rings is 1. The highest BCUT2D eigenvalue weighted by Crippen LogP contribution is 2.45. The third-order valence-corrected chi connectivity index (χ3v) is 15.8. The Bertz CT molecular complexity index is 3360. The monoisotopic (exact) mass is 1050 g/mol. The lowest BCUT2D eigenvalue weighted by Crippen LogP contribution is -2.54. The van der Waals surface area contributed by atoms with Crippen LogP contribution in [0.2, 0.25) is 0 Å². The third-order valence-electron chi connectivity index (χ3n) is 15.8. The van der Waals surface area contributed by atoms with Crippen LogP contribution in [0.25, 0.3) is 32.9 Å². The van der Waals surface area contributed by atoms with Gasteiger partial charge in [0.15, 0.2) is 5.82 Å². The zero-order valence-electron chi connectivity index (χ0n) is 42.1. The van der Waals surface area contributed by atoms with E-state index in [1.165, 1.54) is 42.6 Å². The fraction of sp³-hybridized carbons (Fsp3) is 0.411. The molecule has 5 aromatic rings. The van der Waals surface area contributed by atoms with E-state index in [9.17, 15) is 33.9 Å². The number of piperidine rings is 1. The average molecular weight is 1050 g/mol. The summed E-state index contributed by atoms with van der Waals surface area (Å²) < 4.78 is 44.5. The van der Waals surface area contributed by atoms with E-state index in [-0.39, 0.29) is 113 Å². The summed E-state index contributed by atoms with van der Waals surface area (Å²) in [7, 11) is 0. The molecule has 5 saturated heterocycles. The number of phenolic OH excluding ortho intramolecular Hbond substituents is 1. The first kappa shape index (κ1) is 51.0. The Labute approximate surface area is 441 Å². The summed E-state index contributed by atoms with van der Waals surface area (Å²) in [5, 5.41) is 23.1. The first-order valence-corrected chi connectivity index (χ1v) is 26.1. The van der Waals surface area contributed by atoms with Crippen molar-refractivity contribution < 1.29 is 52.1 Å². The van der Waals surface area contributed by atoms with Crippen LogP contribution in [-0.2, 0) is 19.1 Å². The van der Waals surface area contributed by atoms with Crippen molar-refractivity contribution in [2.75, 3.05) is 49.6 Å². The number of carbonyl (C=O) groups is 6. The molecule has 2 aromatic heterocycles. The fourth-order valence-corrected chi connectivity index (χ4v) is 12.2. The summed E-state index contributed by atoms with van der Waals surface area (Å²) in [4.78, 5) is 95.9. The average Bonchev–Trinajstić information content (AvgIpc) is 4.20. The van der Waals surface area contributed by atoms with E-state index < -0.39 is 52.9 Å². The Morgan fingerprint density at radius 3 is 2.57 bits per heavy atom. The molecule has 0 saturated carbocycles. The molecule has 398 valence electrons. The Hall–Kier alpha value is -8.09. The zero-order valence-corrected chi connectivity index (χ0v) is 42.1. The predicted molar refractivity (Wildman–Crippen MR) is 278 cm³/mol. The van der Waals surface area contributed by atoms with Crippen LogP contribution in [-0.4, -0.2) is 135 Å². The van der Waals surface area contributed by atoms with Gasteiger partial charge >= 0.3 is 12.1 Å². The number of unbranched alkanes of at least 4 members (excludes halogenated alkanes) is 3. The third kappa shape index (κ3) is 9.75. The number of piperazine rings is 1. The minimum atomic E-state index is -1.12. The van der Waals surface area contributed by atoms with E-state index in [0.29, 0.717) is 81.3 Å². The van der Waals surface area contributed by atoms with Gasteiger partial charge in [-0.3, -0.25) is 44.1 Å². The molecule has 5 atom stereocenters. The number of anilines is 2. The minimum absolute atomic E-state index is 0.00411. The summed E-state index contributed by atoms with van der Waals surface area (Å²) >= 11 is 0. The van der Waals surface area contributed by atoms with Crippen molar-refractivity contribution >= 4 is 68.8 Å². The number of nitrogens with one attached hydrogen (secondary N) is 4. The second-order valence-corrected chi connectivity index (χ2v) is 20.9. The zero-order chi connectivity index (χ0) is 53.7. The number of amides is 6. The molecule has 6 aliphatic heterocycles. The number of nitrogens with zero attached hydrogens (tertiary/aromatic N) is 6. The number of halogens is 2. The molecule has 11 rings (SSSR count). The molecule has 77 heavy (non-hydrogen) atoms. The molecule has 5 fully saturated rings. The van der Waals surface area contributed by atoms with Crippen LogP contribution in [0, 0.1) is 24.0 Å². The molecule has 21 heteroatoms. The lowest BCUT2D eigenvalue weighted by molar-refractivity contribution is -0.136. The summed E-state index contributed by atoms with van der Waals surface area (Å²) in [6, 6.07) is 9.13. The number of imide groups is 2. The number of rotatable bonds is 16. The smallest absolute Gasteiger partial charge is 0.407 e. The molecule has 6 amide bonds. The second kappa shape index (κ2) is 20.8. The SMILES string of the molecule is C#Cc1c(F)ccc2cc(O)cc(-c3ncc4c(N5CC6CCC(C5)N6)nc(OCC56CCC(COC(=O)NCCCCCCC(=O)Nc7cccc8c7C(=O)N(C7CCC(=O)NC7=O)C8=O)N5CC(=C)C6)nc4c3F)c12. The van der Waals surface area contributed by atoms with Gasteiger partial charge in [-0.15, -0.1) is 6.42 Å². The molecular formula is C56H56F2N10O9. The van der Waals surface area contributed by atoms with Gasteiger partial charge in [0.1, 0.15) is 47.9 Å². The van der Waals surface area contributed by atoms with Crippen molar-refractivity contribution in [3.8, 4) is 35.4 Å². The highest BCUT2D eigenvalue weighted by Gasteiger charge is 2.52. The summed E-state index contributed by atoms with van der Waals surface area (Å²) in [5.41, 5.74) is 0.534. The van der Waals surface area contributed by atoms with Gasteiger partial charge in [0.25, 0.3) is 11.8 Å². The van der Waals surface area contributed by atoms with Crippen LogP contribution in [0.1, 0.15) is 103 Å². The standard InChI is InChI=1S/C56H56F2N10O9/c1-3-36-40(57)15-12-31-21-35(69)22-38(45(31)36)48-47(58)49-39(24-60-48)50(66-26-32-13-14-33(27-66)61-32)65-54(64-49)77-29-56-19-18-34(67(56)25-30(2)23-56)28-76-55(75)59-20-7-5-4-6-11-43(70)62-41-10-8-9-37-46(41)53(74)68(52(37)73)42-16-17-44(71)63-51(42)72/h1,8-10,12,15,21-22,24,32-34,42,61,69H,2,4-7,11,13-14,16-20,23,25-29H2,(H,59,75)(H,62,70)(H,63,71,72). The fourth-order valence-electron chi connectivity index (χ4n) is 12.2. The molecular weight excluding hydrogens is 995 g/mol. The number of hydrogen-bond acceptors (Lipinski definition) is 15. The van der Waals surface area contributed by atoms with Crippen molar-refractivity contribution in [1.82, 2.24) is 40.7 Å². The van der Waals surface area contributed by atoms with Gasteiger partial charge in [-0.2, -0.15) is 9.97 Å². The number of benzene rings is 3. The Morgan fingerprint density at radius 1 is 0.974 bits per heavy atom. The first-order valence-electron chi connectivity index (χ1n) is 26.1. The highest BCUT2D eigenvalue weighted by atomic mass is 19.1. The maximum Gasteiger partial charge on any atom is 0.407 e. The maximum absolute atomic E-state index is 17.2. The van der Waals surface area contributed by atoms with Crippen molar-refractivity contribution in [3.63, 3.8) is 0 Å². The Balaban J connectivity index is 0.687. The number of fused-ring (bicyclic) bond motifs is 6. The molecule has 5 unspecified atom stereocenters. The molecule has 19 nitrogen and oxygen atoms in total. The van der Waals surface area contributed by atoms with Crippen LogP contribution < -0.4 is 30.9 Å². The number of aromatic hydroxyl groups is 1. The number of carbonyl (C=O) groups excluding carboxylic acids is 6. The van der Waals surface area contributed by atoms with Crippen molar-refractivity contribution in [3.05, 3.63) is 89.1 Å². The van der Waals surface area contributed by atoms with Crippen LogP contribution in [0.5, 0.6) is 11.8 Å². The van der Waals surface area contributed by atoms with Crippen LogP contribution in [0.15, 0.2) is 60.8 Å². The Morgan fingerprint density at radius 2 is 1.78 bits per heavy atom. The maximum atomic E-state index is 17.2. The first-order chi connectivity index (χ1) is 37.2. The Kier molecular flexibility index (Phi) is 13.8. The van der Waals surface area contributed by atoms with Gasteiger partial charge in [0.05, 0.1) is 33.3 Å². The summed E-state index contributed by atoms with van der Waals surface area (Å²) in [6.45, 7) is 6.78. The number of ether oxygens (including phenoxy) is 2. The topological polar surface area (TPSA) is 238 Å². The van der Waals surface area contributed by atoms with Gasteiger partial charge in [-0.1, -0.05) is 43.0 Å². The van der Waals surface area contributed by atoms with Crippen LogP contribution in [0.3, 0.4) is 0 Å². The number of aromatic nitrogens is 3. The van der Waals surface area contributed by atoms with E-state index in [2.05, 4.69) is 53.5 Å². The normalized spacial score (nSPS) is 22.8. The van der Waals surface area contributed by atoms with Crippen molar-refractivity contribution in [1.29, 1.82) is 0 Å². The number of phenols is 1. The van der Waals surface area contributed by atoms with E-state index in [0.717, 1.165) is 29.7 Å². The van der Waals surface area contributed by atoms with E-state index in [4.69, 9.17) is 20.9 Å². The van der Waals surface area contributed by atoms with Gasteiger partial charge in [0.2, 0.25) is 17.7 Å². The number of hydrogen-bond donors (Lipinski definition) is 5. The molecule has 6 aliphatic rings. The summed E-state index contributed by atoms with van der Waals surface area (Å²) in [6.07, 6.45) is 13.5. The molecule has 2 bridgehead atoms. The molecule has 5 N–H and O–H groups in total. The van der Waals surface area contributed by atoms with Gasteiger partial charge in [-0.25, -0.2) is 13.6 Å². The van der Waals surface area contributed by atoms with Crippen molar-refractivity contribution in [2.45, 2.75) is 107 Å². The van der Waals surface area contributed by atoms with Crippen LogP contribution >= 0.6 is 0 Å². The van der Waals surface area contributed by atoms with Gasteiger partial charge < -0.3 is 35.4 Å². The molecule has 0 aliphatic carbocycles. The van der Waals surface area contributed by atoms with E-state index >= 15 is 8.78 Å². The largest absolute Gasteiger partial charge is 0.508 e. The highest BCUT2D eigenvalue weighted by molar-refractivity contribution is 6.26.